The fourth-order valence-electron chi connectivity index (χ4n) is 2.68. The number of ketones is 1. The van der Waals surface area contributed by atoms with Crippen LogP contribution in [-0.4, -0.2) is 21.7 Å². The molecule has 1 N–H and O–H groups in total. The van der Waals surface area contributed by atoms with Crippen molar-refractivity contribution in [2.45, 2.75) is 32.7 Å². The highest BCUT2D eigenvalue weighted by atomic mass is 16.1. The second-order valence-corrected chi connectivity index (χ2v) is 5.01. The van der Waals surface area contributed by atoms with Crippen LogP contribution < -0.4 is 5.32 Å². The van der Waals surface area contributed by atoms with Gasteiger partial charge in [-0.2, -0.15) is 0 Å². The van der Waals surface area contributed by atoms with Gasteiger partial charge in [0.25, 0.3) is 0 Å². The Kier molecular flexibility index (Phi) is 2.67. The molecule has 4 nitrogen and oxygen atoms in total. The third-order valence-electron chi connectivity index (χ3n) is 3.56. The lowest BCUT2D eigenvalue weighted by Gasteiger charge is -2.23. The largest absolute Gasteiger partial charge is 0.308 e. The lowest BCUT2D eigenvalue weighted by molar-refractivity contribution is -0.120. The average Bonchev–Trinajstić information content (AvgIpc) is 2.64. The van der Waals surface area contributed by atoms with Crippen LogP contribution in [0.25, 0.3) is 5.65 Å². The molecule has 0 radical (unpaired) electrons. The third kappa shape index (κ3) is 1.82. The van der Waals surface area contributed by atoms with Crippen molar-refractivity contribution in [2.24, 2.45) is 0 Å². The van der Waals surface area contributed by atoms with Crippen LogP contribution in [0.4, 0.5) is 0 Å². The highest BCUT2D eigenvalue weighted by Gasteiger charge is 2.25. The van der Waals surface area contributed by atoms with E-state index in [-0.39, 0.29) is 6.04 Å². The summed E-state index contributed by atoms with van der Waals surface area (Å²) in [5.41, 5.74) is 4.29. The van der Waals surface area contributed by atoms with Crippen molar-refractivity contribution in [3.63, 3.8) is 0 Å². The number of imidazole rings is 1. The minimum atomic E-state index is 0.101. The van der Waals surface area contributed by atoms with Crippen LogP contribution in [-0.2, 0) is 4.79 Å². The Balaban J connectivity index is 2.10. The van der Waals surface area contributed by atoms with E-state index in [1.165, 1.54) is 5.56 Å². The molecular weight excluding hydrogens is 226 g/mol. The molecule has 3 heterocycles. The zero-order valence-electron chi connectivity index (χ0n) is 10.7. The van der Waals surface area contributed by atoms with Gasteiger partial charge in [0.05, 0.1) is 17.4 Å². The molecule has 3 rings (SSSR count). The topological polar surface area (TPSA) is 46.4 Å². The van der Waals surface area contributed by atoms with Crippen molar-refractivity contribution in [3.05, 3.63) is 35.3 Å². The Labute approximate surface area is 106 Å². The molecule has 18 heavy (non-hydrogen) atoms. The van der Waals surface area contributed by atoms with Gasteiger partial charge in [0.15, 0.2) is 0 Å². The average molecular weight is 243 g/mol. The van der Waals surface area contributed by atoms with E-state index in [4.69, 9.17) is 0 Å². The summed E-state index contributed by atoms with van der Waals surface area (Å²) in [5.74, 6) is 0.334. The lowest BCUT2D eigenvalue weighted by Crippen LogP contribution is -2.33. The molecule has 1 unspecified atom stereocenters. The maximum absolute atomic E-state index is 11.6. The molecule has 4 heteroatoms. The molecule has 1 saturated heterocycles. The van der Waals surface area contributed by atoms with E-state index in [1.807, 2.05) is 13.1 Å². The van der Waals surface area contributed by atoms with E-state index in [9.17, 15) is 4.79 Å². The number of rotatable bonds is 1. The van der Waals surface area contributed by atoms with E-state index in [1.54, 1.807) is 0 Å². The second kappa shape index (κ2) is 4.21. The van der Waals surface area contributed by atoms with Gasteiger partial charge in [-0.3, -0.25) is 4.79 Å². The number of pyridine rings is 1. The first kappa shape index (κ1) is 11.4. The standard InChI is InChI=1S/C14H17N3O/c1-9-4-6-17-13(7-9)16-10(2)14(17)12-8-11(18)3-5-15-12/h4,6-7,12,15H,3,5,8H2,1-2H3. The van der Waals surface area contributed by atoms with Crippen LogP contribution in [0, 0.1) is 13.8 Å². The summed E-state index contributed by atoms with van der Waals surface area (Å²) in [4.78, 5) is 16.2. The number of aromatic nitrogens is 2. The van der Waals surface area contributed by atoms with Crippen LogP contribution in [0.5, 0.6) is 0 Å². The van der Waals surface area contributed by atoms with E-state index in [2.05, 4.69) is 33.8 Å². The molecule has 1 aliphatic rings. The predicted octanol–water partition coefficient (Wildman–Crippen LogP) is 1.94. The number of piperidine rings is 1. The number of hydrogen-bond acceptors (Lipinski definition) is 3. The van der Waals surface area contributed by atoms with E-state index in [0.717, 1.165) is 23.6 Å². The van der Waals surface area contributed by atoms with Gasteiger partial charge in [0.1, 0.15) is 11.4 Å². The third-order valence-corrected chi connectivity index (χ3v) is 3.56. The second-order valence-electron chi connectivity index (χ2n) is 5.01. The molecule has 1 aliphatic heterocycles. The van der Waals surface area contributed by atoms with Gasteiger partial charge in [0.2, 0.25) is 0 Å². The van der Waals surface area contributed by atoms with Gasteiger partial charge in [-0.1, -0.05) is 0 Å². The number of carbonyl (C=O) groups excluding carboxylic acids is 1. The zero-order chi connectivity index (χ0) is 12.7. The maximum Gasteiger partial charge on any atom is 0.137 e. The van der Waals surface area contributed by atoms with Gasteiger partial charge < -0.3 is 9.72 Å². The number of hydrogen-bond donors (Lipinski definition) is 1. The Morgan fingerprint density at radius 2 is 2.28 bits per heavy atom. The van der Waals surface area contributed by atoms with Crippen molar-refractivity contribution in [3.8, 4) is 0 Å². The van der Waals surface area contributed by atoms with Gasteiger partial charge in [-0.05, 0) is 31.5 Å². The highest BCUT2D eigenvalue weighted by molar-refractivity contribution is 5.80. The number of carbonyl (C=O) groups is 1. The highest BCUT2D eigenvalue weighted by Crippen LogP contribution is 2.25. The molecule has 1 atom stereocenters. The zero-order valence-corrected chi connectivity index (χ0v) is 10.7. The molecule has 0 aromatic carbocycles. The Hall–Kier alpha value is -1.68. The quantitative estimate of drug-likeness (QED) is 0.832. The molecule has 2 aromatic heterocycles. The summed E-state index contributed by atoms with van der Waals surface area (Å²) in [7, 11) is 0. The van der Waals surface area contributed by atoms with Crippen molar-refractivity contribution < 1.29 is 4.79 Å². The van der Waals surface area contributed by atoms with Crippen LogP contribution in [0.15, 0.2) is 18.3 Å². The van der Waals surface area contributed by atoms with E-state index < -0.39 is 0 Å². The van der Waals surface area contributed by atoms with Crippen LogP contribution in [0.3, 0.4) is 0 Å². The smallest absolute Gasteiger partial charge is 0.137 e. The molecule has 0 aliphatic carbocycles. The van der Waals surface area contributed by atoms with Gasteiger partial charge in [-0.25, -0.2) is 4.98 Å². The van der Waals surface area contributed by atoms with Crippen LogP contribution in [0.1, 0.15) is 35.8 Å². The maximum atomic E-state index is 11.6. The van der Waals surface area contributed by atoms with Crippen molar-refractivity contribution >= 4 is 11.4 Å². The normalized spacial score (nSPS) is 20.6. The summed E-state index contributed by atoms with van der Waals surface area (Å²) in [6.07, 6.45) is 3.26. The van der Waals surface area contributed by atoms with Gasteiger partial charge >= 0.3 is 0 Å². The molecule has 0 saturated carbocycles. The molecule has 0 amide bonds. The number of fused-ring (bicyclic) bond motifs is 1. The number of nitrogens with one attached hydrogen (secondary N) is 1. The molecule has 0 spiro atoms. The van der Waals surface area contributed by atoms with Crippen LogP contribution in [0.2, 0.25) is 0 Å². The number of Topliss-reactive ketones (excluding diaryl/α,β-unsaturated/α-hetero) is 1. The lowest BCUT2D eigenvalue weighted by atomic mass is 10.00. The SMILES string of the molecule is Cc1ccn2c(C3CC(=O)CCN3)c(C)nc2c1. The summed E-state index contributed by atoms with van der Waals surface area (Å²) in [5, 5.41) is 3.42. The Morgan fingerprint density at radius 1 is 1.44 bits per heavy atom. The fourth-order valence-corrected chi connectivity index (χ4v) is 2.68. The Bertz CT molecular complexity index is 615. The van der Waals surface area contributed by atoms with Gasteiger partial charge in [0, 0.05) is 25.6 Å². The predicted molar refractivity (Wildman–Crippen MR) is 69.7 cm³/mol. The molecule has 2 aromatic rings. The first-order chi connectivity index (χ1) is 8.65. The first-order valence-electron chi connectivity index (χ1n) is 6.35. The summed E-state index contributed by atoms with van der Waals surface area (Å²) >= 11 is 0. The first-order valence-corrected chi connectivity index (χ1v) is 6.35. The number of nitrogens with zero attached hydrogens (tertiary/aromatic N) is 2. The monoisotopic (exact) mass is 243 g/mol. The molecular formula is C14H17N3O. The Morgan fingerprint density at radius 3 is 3.06 bits per heavy atom. The number of aryl methyl sites for hydroxylation is 2. The minimum Gasteiger partial charge on any atom is -0.308 e. The van der Waals surface area contributed by atoms with Crippen molar-refractivity contribution in [1.29, 1.82) is 0 Å². The molecule has 0 bridgehead atoms. The van der Waals surface area contributed by atoms with Crippen LogP contribution >= 0.6 is 0 Å². The van der Waals surface area contributed by atoms with Crippen molar-refractivity contribution in [2.75, 3.05) is 6.54 Å². The van der Waals surface area contributed by atoms with E-state index in [0.29, 0.717) is 18.6 Å². The molecule has 94 valence electrons. The minimum absolute atomic E-state index is 0.101. The fraction of sp³-hybridized carbons (Fsp3) is 0.429. The van der Waals surface area contributed by atoms with E-state index >= 15 is 0 Å². The molecule has 1 fully saturated rings. The van der Waals surface area contributed by atoms with Crippen molar-refractivity contribution in [1.82, 2.24) is 14.7 Å². The summed E-state index contributed by atoms with van der Waals surface area (Å²) in [6, 6.07) is 4.24. The summed E-state index contributed by atoms with van der Waals surface area (Å²) in [6.45, 7) is 4.84. The summed E-state index contributed by atoms with van der Waals surface area (Å²) < 4.78 is 2.10. The van der Waals surface area contributed by atoms with Gasteiger partial charge in [-0.15, -0.1) is 0 Å².